The Balaban J connectivity index is 1.70. The number of rotatable bonds is 6. The van der Waals surface area contributed by atoms with Crippen molar-refractivity contribution in [2.24, 2.45) is 0 Å². The number of ether oxygens (including phenoxy) is 1. The van der Waals surface area contributed by atoms with Crippen molar-refractivity contribution in [1.82, 2.24) is 9.38 Å². The van der Waals surface area contributed by atoms with E-state index in [1.54, 1.807) is 60.1 Å². The van der Waals surface area contributed by atoms with Crippen LogP contribution in [0, 0.1) is 5.82 Å². The summed E-state index contributed by atoms with van der Waals surface area (Å²) >= 11 is 12.2. The number of pyridine rings is 1. The number of aryl methyl sites for hydroxylation is 1. The van der Waals surface area contributed by atoms with Crippen molar-refractivity contribution in [3.63, 3.8) is 0 Å². The Hall–Kier alpha value is -3.09. The van der Waals surface area contributed by atoms with Crippen molar-refractivity contribution >= 4 is 40.6 Å². The minimum Gasteiger partial charge on any atom is -0.485 e. The van der Waals surface area contributed by atoms with E-state index in [2.05, 4.69) is 0 Å². The van der Waals surface area contributed by atoms with Gasteiger partial charge in [0.25, 0.3) is 5.91 Å². The highest BCUT2D eigenvalue weighted by atomic mass is 35.5. The van der Waals surface area contributed by atoms with Gasteiger partial charge in [-0.15, -0.1) is 0 Å². The number of hydrogen-bond donors (Lipinski definition) is 0. The zero-order valence-electron chi connectivity index (χ0n) is 17.5. The van der Waals surface area contributed by atoms with E-state index in [1.165, 1.54) is 17.0 Å². The summed E-state index contributed by atoms with van der Waals surface area (Å²) in [5.74, 6) is 0.0724. The molecule has 0 bridgehead atoms. The average molecular weight is 472 g/mol. The molecule has 2 aromatic carbocycles. The van der Waals surface area contributed by atoms with Crippen molar-refractivity contribution in [1.29, 1.82) is 0 Å². The number of fused-ring (bicyclic) bond motifs is 1. The van der Waals surface area contributed by atoms with E-state index in [4.69, 9.17) is 32.9 Å². The number of carbonyl (C=O) groups excluding carboxylic acids is 1. The van der Waals surface area contributed by atoms with Gasteiger partial charge in [0.2, 0.25) is 0 Å². The van der Waals surface area contributed by atoms with Crippen LogP contribution in [-0.4, -0.2) is 22.3 Å². The van der Waals surface area contributed by atoms with Crippen LogP contribution in [0.15, 0.2) is 60.8 Å². The van der Waals surface area contributed by atoms with E-state index in [-0.39, 0.29) is 12.2 Å². The second kappa shape index (κ2) is 9.18. The highest BCUT2D eigenvalue weighted by Crippen LogP contribution is 2.30. The minimum atomic E-state index is -0.569. The molecule has 164 valence electrons. The second-order valence-electron chi connectivity index (χ2n) is 7.21. The fourth-order valence-corrected chi connectivity index (χ4v) is 4.12. The number of benzene rings is 2. The van der Waals surface area contributed by atoms with Crippen LogP contribution in [0.1, 0.15) is 28.5 Å². The van der Waals surface area contributed by atoms with Gasteiger partial charge in [-0.2, -0.15) is 0 Å². The molecule has 1 amide bonds. The Bertz CT molecular complexity index is 1290. The molecular weight excluding hydrogens is 452 g/mol. The predicted molar refractivity (Wildman–Crippen MR) is 124 cm³/mol. The molecule has 0 atom stereocenters. The van der Waals surface area contributed by atoms with Gasteiger partial charge in [-0.3, -0.25) is 14.1 Å². The molecule has 0 fully saturated rings. The Labute approximate surface area is 195 Å². The van der Waals surface area contributed by atoms with Crippen molar-refractivity contribution < 1.29 is 13.9 Å². The Morgan fingerprint density at radius 3 is 2.53 bits per heavy atom. The van der Waals surface area contributed by atoms with E-state index < -0.39 is 11.7 Å². The molecular formula is C24H20Cl2FN3O2. The van der Waals surface area contributed by atoms with Crippen LogP contribution in [0.2, 0.25) is 10.0 Å². The van der Waals surface area contributed by atoms with Crippen LogP contribution in [0.4, 0.5) is 10.2 Å². The second-order valence-corrected chi connectivity index (χ2v) is 8.08. The fourth-order valence-electron chi connectivity index (χ4n) is 3.55. The summed E-state index contributed by atoms with van der Waals surface area (Å²) in [5, 5.41) is 1.05. The first-order chi connectivity index (χ1) is 15.4. The third kappa shape index (κ3) is 4.29. The molecule has 5 nitrogen and oxygen atoms in total. The standard InChI is InChI=1S/C24H20Cl2FN3O2/c1-3-20-23(29(2)24(31)18-7-4-5-8-19(18)27)30-10-6-9-21(22(30)28-20)32-14-15-11-16(25)13-17(26)12-15/h4-13H,3,14H2,1-2H3. The van der Waals surface area contributed by atoms with Gasteiger partial charge in [0.1, 0.15) is 18.2 Å². The fraction of sp³-hybridized carbons (Fsp3) is 0.167. The number of imidazole rings is 1. The maximum atomic E-state index is 14.2. The quantitative estimate of drug-likeness (QED) is 0.336. The van der Waals surface area contributed by atoms with Crippen molar-refractivity contribution in [2.45, 2.75) is 20.0 Å². The number of anilines is 1. The first kappa shape index (κ1) is 22.1. The number of nitrogens with zero attached hydrogens (tertiary/aromatic N) is 3. The van der Waals surface area contributed by atoms with Gasteiger partial charge in [-0.25, -0.2) is 9.37 Å². The van der Waals surface area contributed by atoms with Crippen LogP contribution < -0.4 is 9.64 Å². The molecule has 0 spiro atoms. The lowest BCUT2D eigenvalue weighted by Crippen LogP contribution is -2.29. The number of carbonyl (C=O) groups is 1. The largest absolute Gasteiger partial charge is 0.485 e. The molecule has 0 radical (unpaired) electrons. The van der Waals surface area contributed by atoms with Gasteiger partial charge in [-0.1, -0.05) is 42.3 Å². The van der Waals surface area contributed by atoms with Crippen LogP contribution in [0.5, 0.6) is 5.75 Å². The minimum absolute atomic E-state index is 0.00255. The molecule has 0 aliphatic rings. The van der Waals surface area contributed by atoms with Crippen LogP contribution in [-0.2, 0) is 13.0 Å². The third-order valence-corrected chi connectivity index (χ3v) is 5.47. The molecule has 2 heterocycles. The van der Waals surface area contributed by atoms with Crippen LogP contribution in [0.3, 0.4) is 0 Å². The molecule has 0 N–H and O–H groups in total. The Morgan fingerprint density at radius 2 is 1.84 bits per heavy atom. The third-order valence-electron chi connectivity index (χ3n) is 5.04. The molecule has 2 aromatic heterocycles. The first-order valence-electron chi connectivity index (χ1n) is 9.99. The molecule has 4 aromatic rings. The number of halogens is 3. The molecule has 32 heavy (non-hydrogen) atoms. The summed E-state index contributed by atoms with van der Waals surface area (Å²) < 4.78 is 22.0. The van der Waals surface area contributed by atoms with Crippen molar-refractivity contribution in [3.8, 4) is 5.75 Å². The van der Waals surface area contributed by atoms with E-state index in [1.807, 2.05) is 6.92 Å². The van der Waals surface area contributed by atoms with Gasteiger partial charge in [0, 0.05) is 23.3 Å². The van der Waals surface area contributed by atoms with Gasteiger partial charge in [0.15, 0.2) is 11.4 Å². The molecule has 0 saturated carbocycles. The van der Waals surface area contributed by atoms with Crippen LogP contribution >= 0.6 is 23.2 Å². The van der Waals surface area contributed by atoms with Gasteiger partial charge in [-0.05, 0) is 54.4 Å². The monoisotopic (exact) mass is 471 g/mol. The highest BCUT2D eigenvalue weighted by molar-refractivity contribution is 6.34. The van der Waals surface area contributed by atoms with E-state index >= 15 is 0 Å². The maximum Gasteiger partial charge on any atom is 0.262 e. The summed E-state index contributed by atoms with van der Waals surface area (Å²) in [6.45, 7) is 2.19. The van der Waals surface area contributed by atoms with E-state index in [0.717, 1.165) is 5.56 Å². The Morgan fingerprint density at radius 1 is 1.12 bits per heavy atom. The summed E-state index contributed by atoms with van der Waals surface area (Å²) in [7, 11) is 1.61. The van der Waals surface area contributed by atoms with Crippen molar-refractivity contribution in [2.75, 3.05) is 11.9 Å². The normalized spacial score (nSPS) is 11.0. The van der Waals surface area contributed by atoms with Gasteiger partial charge in [0.05, 0.1) is 11.3 Å². The molecule has 8 heteroatoms. The molecule has 0 aliphatic heterocycles. The number of aromatic nitrogens is 2. The SMILES string of the molecule is CCc1nc2c(OCc3cc(Cl)cc(Cl)c3)cccn2c1N(C)C(=O)c1ccccc1F. The predicted octanol–water partition coefficient (Wildman–Crippen LogP) is 6.20. The molecule has 4 rings (SSSR count). The zero-order valence-corrected chi connectivity index (χ0v) is 19.0. The van der Waals surface area contributed by atoms with Gasteiger partial charge >= 0.3 is 0 Å². The van der Waals surface area contributed by atoms with Gasteiger partial charge < -0.3 is 4.74 Å². The lowest BCUT2D eigenvalue weighted by molar-refractivity contribution is 0.0988. The van der Waals surface area contributed by atoms with Crippen molar-refractivity contribution in [3.05, 3.63) is 93.5 Å². The Kier molecular flexibility index (Phi) is 6.35. The van der Waals surface area contributed by atoms with E-state index in [9.17, 15) is 9.18 Å². The molecule has 0 aliphatic carbocycles. The van der Waals surface area contributed by atoms with E-state index in [0.29, 0.717) is 39.4 Å². The lowest BCUT2D eigenvalue weighted by Gasteiger charge is -2.19. The first-order valence-corrected chi connectivity index (χ1v) is 10.7. The maximum absolute atomic E-state index is 14.2. The highest BCUT2D eigenvalue weighted by Gasteiger charge is 2.24. The summed E-state index contributed by atoms with van der Waals surface area (Å²) in [4.78, 5) is 19.1. The van der Waals surface area contributed by atoms with Crippen LogP contribution in [0.25, 0.3) is 5.65 Å². The summed E-state index contributed by atoms with van der Waals surface area (Å²) in [5.41, 5.74) is 2.07. The zero-order chi connectivity index (χ0) is 22.8. The lowest BCUT2D eigenvalue weighted by atomic mass is 10.2. The summed E-state index contributed by atoms with van der Waals surface area (Å²) in [6.07, 6.45) is 2.38. The average Bonchev–Trinajstić information content (AvgIpc) is 3.15. The number of hydrogen-bond acceptors (Lipinski definition) is 3. The topological polar surface area (TPSA) is 46.8 Å². The summed E-state index contributed by atoms with van der Waals surface area (Å²) in [6, 6.07) is 14.7. The molecule has 0 saturated heterocycles. The number of amides is 1. The molecule has 0 unspecified atom stereocenters. The smallest absolute Gasteiger partial charge is 0.262 e.